The van der Waals surface area contributed by atoms with Crippen LogP contribution in [-0.2, 0) is 4.74 Å². The molecule has 2 aromatic carbocycles. The minimum Gasteiger partial charge on any atom is -0.381 e. The van der Waals surface area contributed by atoms with Crippen molar-refractivity contribution in [1.29, 1.82) is 0 Å². The van der Waals surface area contributed by atoms with E-state index in [-0.39, 0.29) is 34.4 Å². The van der Waals surface area contributed by atoms with E-state index in [2.05, 4.69) is 49.5 Å². The Morgan fingerprint density at radius 3 is 2.27 bits per heavy atom. The van der Waals surface area contributed by atoms with Crippen LogP contribution in [0.1, 0.15) is 48.2 Å². The summed E-state index contributed by atoms with van der Waals surface area (Å²) in [5, 5.41) is 6.60. The van der Waals surface area contributed by atoms with Gasteiger partial charge in [-0.05, 0) is 57.0 Å². The van der Waals surface area contributed by atoms with Gasteiger partial charge in [0.2, 0.25) is 0 Å². The van der Waals surface area contributed by atoms with Crippen molar-refractivity contribution in [3.63, 3.8) is 0 Å². The van der Waals surface area contributed by atoms with Crippen molar-refractivity contribution in [3.05, 3.63) is 59.8 Å². The summed E-state index contributed by atoms with van der Waals surface area (Å²) in [6.45, 7) is 7.72. The lowest BCUT2D eigenvalue weighted by Crippen LogP contribution is -2.52. The Morgan fingerprint density at radius 1 is 0.911 bits per heavy atom. The van der Waals surface area contributed by atoms with Crippen molar-refractivity contribution < 1.29 is 18.3 Å². The summed E-state index contributed by atoms with van der Waals surface area (Å²) in [7, 11) is 2.19. The molecule has 0 atom stereocenters. The SMILES string of the molecule is CN1CCN(C2CCN(c3ccc(Nc4nc(NC5CCOCC5)c(-c5ccccc5C(F)F)nc4C(N)=O)cc3)CC2)CC1. The minimum absolute atomic E-state index is 0.0115. The molecule has 4 heterocycles. The molecule has 3 aliphatic heterocycles. The molecule has 4 N–H and O–H groups in total. The second-order valence-electron chi connectivity index (χ2n) is 12.1. The standard InChI is InChI=1S/C33H42F2N8O2/c1-41-16-18-43(19-17-41)25-10-14-42(15-11-25)24-8-6-22(7-9-24)37-33-29(31(36)44)39-28(26-4-2-3-5-27(26)30(34)35)32(40-33)38-23-12-20-45-21-13-23/h2-9,23,25,30H,10-21H2,1H3,(H2,36,44)(H2,37,38,40). The predicted octanol–water partition coefficient (Wildman–Crippen LogP) is 4.73. The van der Waals surface area contributed by atoms with Gasteiger partial charge in [0.15, 0.2) is 17.3 Å². The van der Waals surface area contributed by atoms with Crippen molar-refractivity contribution in [3.8, 4) is 11.3 Å². The number of carbonyl (C=O) groups excluding carboxylic acids is 1. The van der Waals surface area contributed by atoms with Gasteiger partial charge in [-0.15, -0.1) is 0 Å². The summed E-state index contributed by atoms with van der Waals surface area (Å²) in [5.41, 5.74) is 7.65. The highest BCUT2D eigenvalue weighted by Gasteiger charge is 2.28. The molecular weight excluding hydrogens is 578 g/mol. The first-order chi connectivity index (χ1) is 21.9. The minimum atomic E-state index is -2.73. The number of hydrogen-bond donors (Lipinski definition) is 3. The summed E-state index contributed by atoms with van der Waals surface area (Å²) in [4.78, 5) is 29.4. The number of ether oxygens (including phenoxy) is 1. The third kappa shape index (κ3) is 7.34. The van der Waals surface area contributed by atoms with Gasteiger partial charge < -0.3 is 30.9 Å². The molecule has 3 aliphatic rings. The van der Waals surface area contributed by atoms with Gasteiger partial charge >= 0.3 is 0 Å². The van der Waals surface area contributed by atoms with Crippen molar-refractivity contribution in [2.45, 2.75) is 44.2 Å². The van der Waals surface area contributed by atoms with Crippen LogP contribution in [-0.4, -0.2) is 97.3 Å². The third-order valence-corrected chi connectivity index (χ3v) is 9.16. The van der Waals surface area contributed by atoms with E-state index in [0.717, 1.165) is 70.6 Å². The topological polar surface area (TPSA) is 112 Å². The first-order valence-electron chi connectivity index (χ1n) is 15.8. The molecule has 0 radical (unpaired) electrons. The number of piperazine rings is 1. The second kappa shape index (κ2) is 14.1. The van der Waals surface area contributed by atoms with E-state index in [1.807, 2.05) is 12.1 Å². The zero-order valence-electron chi connectivity index (χ0n) is 25.7. The lowest BCUT2D eigenvalue weighted by Gasteiger charge is -2.42. The maximum Gasteiger partial charge on any atom is 0.271 e. The Bertz CT molecular complexity index is 1450. The number of aromatic nitrogens is 2. The first-order valence-corrected chi connectivity index (χ1v) is 15.8. The average Bonchev–Trinajstić information content (AvgIpc) is 3.06. The smallest absolute Gasteiger partial charge is 0.271 e. The number of nitrogens with two attached hydrogens (primary N) is 1. The van der Waals surface area contributed by atoms with Gasteiger partial charge in [-0.3, -0.25) is 9.69 Å². The summed E-state index contributed by atoms with van der Waals surface area (Å²) >= 11 is 0. The van der Waals surface area contributed by atoms with Gasteiger partial charge in [-0.25, -0.2) is 18.7 Å². The number of carbonyl (C=O) groups is 1. The maximum atomic E-state index is 14.0. The van der Waals surface area contributed by atoms with Crippen molar-refractivity contribution in [2.24, 2.45) is 5.73 Å². The van der Waals surface area contributed by atoms with Crippen LogP contribution in [0.25, 0.3) is 11.3 Å². The molecule has 240 valence electrons. The van der Waals surface area contributed by atoms with Crippen LogP contribution in [0.4, 0.5) is 31.8 Å². The second-order valence-corrected chi connectivity index (χ2v) is 12.1. The average molecular weight is 621 g/mol. The first kappa shape index (κ1) is 31.1. The summed E-state index contributed by atoms with van der Waals surface area (Å²) in [5.74, 6) is -0.336. The van der Waals surface area contributed by atoms with E-state index in [0.29, 0.717) is 30.8 Å². The number of nitrogens with one attached hydrogen (secondary N) is 2. The molecule has 3 aromatic rings. The van der Waals surface area contributed by atoms with Gasteiger partial charge in [0.1, 0.15) is 5.69 Å². The number of rotatable bonds is 9. The highest BCUT2D eigenvalue weighted by atomic mass is 19.3. The Hall–Kier alpha value is -3.87. The molecule has 12 heteroatoms. The lowest BCUT2D eigenvalue weighted by molar-refractivity contribution is 0.0904. The van der Waals surface area contributed by atoms with Crippen molar-refractivity contribution in [2.75, 3.05) is 75.1 Å². The summed E-state index contributed by atoms with van der Waals surface area (Å²) < 4.78 is 33.5. The van der Waals surface area contributed by atoms with E-state index in [4.69, 9.17) is 15.5 Å². The number of piperidine rings is 1. The zero-order valence-corrected chi connectivity index (χ0v) is 25.7. The lowest BCUT2D eigenvalue weighted by atomic mass is 10.0. The predicted molar refractivity (Wildman–Crippen MR) is 172 cm³/mol. The highest BCUT2D eigenvalue weighted by molar-refractivity contribution is 5.98. The van der Waals surface area contributed by atoms with Gasteiger partial charge in [-0.2, -0.15) is 0 Å². The molecule has 10 nitrogen and oxygen atoms in total. The molecule has 0 unspecified atom stereocenters. The van der Waals surface area contributed by atoms with E-state index >= 15 is 0 Å². The van der Waals surface area contributed by atoms with Gasteiger partial charge in [-0.1, -0.05) is 24.3 Å². The number of hydrogen-bond acceptors (Lipinski definition) is 9. The zero-order chi connectivity index (χ0) is 31.3. The van der Waals surface area contributed by atoms with E-state index in [9.17, 15) is 13.6 Å². The molecule has 0 saturated carbocycles. The summed E-state index contributed by atoms with van der Waals surface area (Å²) in [6, 6.07) is 14.8. The van der Waals surface area contributed by atoms with Crippen molar-refractivity contribution in [1.82, 2.24) is 19.8 Å². The number of primary amides is 1. The van der Waals surface area contributed by atoms with Crippen LogP contribution in [0.5, 0.6) is 0 Å². The van der Waals surface area contributed by atoms with E-state index in [1.54, 1.807) is 18.2 Å². The molecule has 3 fully saturated rings. The maximum absolute atomic E-state index is 14.0. The number of nitrogens with zero attached hydrogens (tertiary/aromatic N) is 5. The fourth-order valence-corrected chi connectivity index (χ4v) is 6.49. The van der Waals surface area contributed by atoms with Crippen molar-refractivity contribution >= 4 is 28.9 Å². The number of amides is 1. The number of halogens is 2. The number of likely N-dealkylation sites (N-methyl/N-ethyl adjacent to an activating group) is 1. The van der Waals surface area contributed by atoms with Crippen LogP contribution in [0.3, 0.4) is 0 Å². The number of alkyl halides is 2. The Kier molecular flexibility index (Phi) is 9.72. The van der Waals surface area contributed by atoms with Crippen LogP contribution < -0.4 is 21.3 Å². The molecule has 1 aromatic heterocycles. The monoisotopic (exact) mass is 620 g/mol. The largest absolute Gasteiger partial charge is 0.381 e. The number of anilines is 4. The fraction of sp³-hybridized carbons (Fsp3) is 0.485. The Morgan fingerprint density at radius 2 is 1.60 bits per heavy atom. The third-order valence-electron chi connectivity index (χ3n) is 9.16. The van der Waals surface area contributed by atoms with E-state index < -0.39 is 12.3 Å². The van der Waals surface area contributed by atoms with Crippen LogP contribution in [0.15, 0.2) is 48.5 Å². The molecular formula is C33H42F2N8O2. The molecule has 0 aliphatic carbocycles. The molecule has 0 spiro atoms. The molecule has 6 rings (SSSR count). The normalized spacial score (nSPS) is 19.2. The molecule has 1 amide bonds. The van der Waals surface area contributed by atoms with Gasteiger partial charge in [0.05, 0.1) is 0 Å². The van der Waals surface area contributed by atoms with Crippen LogP contribution >= 0.6 is 0 Å². The van der Waals surface area contributed by atoms with Crippen LogP contribution in [0, 0.1) is 0 Å². The highest BCUT2D eigenvalue weighted by Crippen LogP contribution is 2.36. The van der Waals surface area contributed by atoms with Gasteiger partial charge in [0, 0.05) is 87.1 Å². The quantitative estimate of drug-likeness (QED) is 0.313. The Labute approximate surface area is 262 Å². The summed E-state index contributed by atoms with van der Waals surface area (Å²) in [6.07, 6.45) is 1.01. The fourth-order valence-electron chi connectivity index (χ4n) is 6.49. The Balaban J connectivity index is 1.22. The van der Waals surface area contributed by atoms with Crippen LogP contribution in [0.2, 0.25) is 0 Å². The number of benzene rings is 2. The molecule has 0 bridgehead atoms. The molecule has 3 saturated heterocycles. The van der Waals surface area contributed by atoms with Gasteiger partial charge in [0.25, 0.3) is 12.3 Å². The molecule has 45 heavy (non-hydrogen) atoms. The van der Waals surface area contributed by atoms with E-state index in [1.165, 1.54) is 6.07 Å².